The Morgan fingerprint density at radius 2 is 1.97 bits per heavy atom. The average molecular weight is 464 g/mol. The van der Waals surface area contributed by atoms with Gasteiger partial charge in [0.25, 0.3) is 0 Å². The number of carbonyl (C=O) groups is 2. The number of rotatable bonds is 4. The molecule has 2 amide bonds. The summed E-state index contributed by atoms with van der Waals surface area (Å²) in [6.07, 6.45) is 9.01. The van der Waals surface area contributed by atoms with Crippen LogP contribution in [0.3, 0.4) is 0 Å². The van der Waals surface area contributed by atoms with E-state index in [0.29, 0.717) is 42.3 Å². The molecule has 0 spiro atoms. The Morgan fingerprint density at radius 1 is 1.18 bits per heavy atom. The molecule has 0 radical (unpaired) electrons. The molecule has 0 bridgehead atoms. The van der Waals surface area contributed by atoms with Crippen molar-refractivity contribution in [3.8, 4) is 0 Å². The van der Waals surface area contributed by atoms with Gasteiger partial charge in [0.05, 0.1) is 0 Å². The first-order valence-corrected chi connectivity index (χ1v) is 13.4. The highest BCUT2D eigenvalue weighted by Crippen LogP contribution is 2.67. The first-order chi connectivity index (χ1) is 16.2. The van der Waals surface area contributed by atoms with Gasteiger partial charge in [-0.3, -0.25) is 9.59 Å². The molecule has 6 atom stereocenters. The number of hydrogen-bond donors (Lipinski definition) is 1. The maximum atomic E-state index is 13.0. The Labute approximate surface area is 204 Å². The lowest BCUT2D eigenvalue weighted by Gasteiger charge is -2.59. The quantitative estimate of drug-likeness (QED) is 0.598. The van der Waals surface area contributed by atoms with Gasteiger partial charge >= 0.3 is 0 Å². The number of fused-ring (bicyclic) bond motifs is 5. The fourth-order valence-corrected chi connectivity index (χ4v) is 8.72. The lowest BCUT2D eigenvalue weighted by Crippen LogP contribution is -2.54. The summed E-state index contributed by atoms with van der Waals surface area (Å²) in [7, 11) is 1.99. The third-order valence-electron chi connectivity index (χ3n) is 10.4. The summed E-state index contributed by atoms with van der Waals surface area (Å²) in [6, 6.07) is 5.87. The van der Waals surface area contributed by atoms with Crippen LogP contribution in [0.1, 0.15) is 84.8 Å². The van der Waals surface area contributed by atoms with E-state index in [1.807, 2.05) is 30.1 Å². The van der Waals surface area contributed by atoms with E-state index in [1.165, 1.54) is 30.5 Å². The molecule has 1 N–H and O–H groups in total. The summed E-state index contributed by atoms with van der Waals surface area (Å²) in [5.41, 5.74) is 4.09. The van der Waals surface area contributed by atoms with E-state index < -0.39 is 0 Å². The molecule has 1 saturated heterocycles. The number of hydrogen-bond acceptors (Lipinski definition) is 3. The average Bonchev–Trinajstić information content (AvgIpc) is 3.13. The predicted molar refractivity (Wildman–Crippen MR) is 135 cm³/mol. The molecule has 5 heteroatoms. The molecule has 5 rings (SSSR count). The van der Waals surface area contributed by atoms with Crippen LogP contribution < -0.4 is 5.32 Å². The van der Waals surface area contributed by atoms with Gasteiger partial charge in [-0.25, -0.2) is 4.98 Å². The Bertz CT molecular complexity index is 1030. The Morgan fingerprint density at radius 3 is 2.74 bits per heavy atom. The van der Waals surface area contributed by atoms with Gasteiger partial charge < -0.3 is 10.2 Å². The summed E-state index contributed by atoms with van der Waals surface area (Å²) in [5.74, 6) is 3.48. The molecule has 0 unspecified atom stereocenters. The van der Waals surface area contributed by atoms with Gasteiger partial charge in [-0.15, -0.1) is 0 Å². The first kappa shape index (κ1) is 23.6. The zero-order valence-corrected chi connectivity index (χ0v) is 21.6. The first-order valence-electron chi connectivity index (χ1n) is 13.4. The maximum Gasteiger partial charge on any atom is 0.226 e. The van der Waals surface area contributed by atoms with Crippen molar-refractivity contribution in [3.63, 3.8) is 0 Å². The highest BCUT2D eigenvalue weighted by molar-refractivity contribution is 5.90. The SMILES string of the molecule is CCc1cccc(NC(=O)C[C@H]2CC[C@H]3[C@@H]4CC(C)=C5N(C)C(=O)CC[C@]5(C)[C@H]4CC[C@]23C)n1. The number of amides is 2. The number of carbonyl (C=O) groups excluding carboxylic acids is 2. The molecule has 3 aliphatic carbocycles. The lowest BCUT2D eigenvalue weighted by molar-refractivity contribution is -0.136. The number of aryl methyl sites for hydroxylation is 1. The molecule has 184 valence electrons. The molecule has 2 heterocycles. The number of nitrogens with zero attached hydrogens (tertiary/aromatic N) is 2. The van der Waals surface area contributed by atoms with E-state index in [2.05, 4.69) is 38.0 Å². The van der Waals surface area contributed by atoms with Crippen molar-refractivity contribution in [1.29, 1.82) is 0 Å². The topological polar surface area (TPSA) is 62.3 Å². The van der Waals surface area contributed by atoms with Crippen LogP contribution in [0.5, 0.6) is 0 Å². The Balaban J connectivity index is 1.34. The highest BCUT2D eigenvalue weighted by atomic mass is 16.2. The molecule has 4 aliphatic rings. The van der Waals surface area contributed by atoms with Crippen LogP contribution in [0.4, 0.5) is 5.82 Å². The van der Waals surface area contributed by atoms with Crippen LogP contribution in [-0.2, 0) is 16.0 Å². The van der Waals surface area contributed by atoms with Gasteiger partial charge in [0.2, 0.25) is 11.8 Å². The van der Waals surface area contributed by atoms with Gasteiger partial charge in [-0.1, -0.05) is 32.4 Å². The number of aromatic nitrogens is 1. The zero-order chi connectivity index (χ0) is 24.3. The second kappa shape index (κ2) is 8.49. The highest BCUT2D eigenvalue weighted by Gasteiger charge is 2.60. The van der Waals surface area contributed by atoms with Crippen LogP contribution in [0.25, 0.3) is 0 Å². The van der Waals surface area contributed by atoms with E-state index in [0.717, 1.165) is 31.4 Å². The number of pyridine rings is 1. The molecule has 1 aromatic heterocycles. The smallest absolute Gasteiger partial charge is 0.226 e. The minimum Gasteiger partial charge on any atom is -0.319 e. The summed E-state index contributed by atoms with van der Waals surface area (Å²) in [6.45, 7) is 9.26. The van der Waals surface area contributed by atoms with Crippen molar-refractivity contribution in [2.75, 3.05) is 12.4 Å². The molecule has 5 nitrogen and oxygen atoms in total. The number of allylic oxidation sites excluding steroid dienone is 2. The summed E-state index contributed by atoms with van der Waals surface area (Å²) in [5, 5.41) is 3.08. The molecule has 2 saturated carbocycles. The Kier molecular flexibility index (Phi) is 5.89. The van der Waals surface area contributed by atoms with Gasteiger partial charge in [-0.2, -0.15) is 0 Å². The number of likely N-dealkylation sites (tertiary alicyclic amines) is 1. The van der Waals surface area contributed by atoms with E-state index in [4.69, 9.17) is 0 Å². The van der Waals surface area contributed by atoms with Crippen molar-refractivity contribution in [2.45, 2.75) is 85.5 Å². The largest absolute Gasteiger partial charge is 0.319 e. The van der Waals surface area contributed by atoms with E-state index in [9.17, 15) is 9.59 Å². The number of nitrogens with one attached hydrogen (secondary N) is 1. The third kappa shape index (κ3) is 3.61. The normalized spacial score (nSPS) is 37.2. The Hall–Kier alpha value is -2.17. The van der Waals surface area contributed by atoms with E-state index >= 15 is 0 Å². The van der Waals surface area contributed by atoms with Gasteiger partial charge in [0, 0.05) is 36.7 Å². The van der Waals surface area contributed by atoms with E-state index in [-0.39, 0.29) is 22.6 Å². The van der Waals surface area contributed by atoms with E-state index in [1.54, 1.807) is 0 Å². The number of piperidine rings is 1. The fraction of sp³-hybridized carbons (Fsp3) is 0.690. The summed E-state index contributed by atoms with van der Waals surface area (Å²) >= 11 is 0. The monoisotopic (exact) mass is 463 g/mol. The van der Waals surface area contributed by atoms with Crippen molar-refractivity contribution in [2.24, 2.45) is 34.5 Å². The predicted octanol–water partition coefficient (Wildman–Crippen LogP) is 5.97. The van der Waals surface area contributed by atoms with Crippen LogP contribution in [-0.4, -0.2) is 28.7 Å². The summed E-state index contributed by atoms with van der Waals surface area (Å²) < 4.78 is 0. The minimum absolute atomic E-state index is 0.108. The molecule has 34 heavy (non-hydrogen) atoms. The molecule has 0 aromatic carbocycles. The minimum atomic E-state index is 0.108. The molecular weight excluding hydrogens is 422 g/mol. The van der Waals surface area contributed by atoms with Crippen LogP contribution in [0, 0.1) is 34.5 Å². The standard InChI is InChI=1S/C29H41N3O2/c1-6-20-8-7-9-24(30-20)31-25(33)17-19-10-11-22-21-16-18(2)27-29(4,15-13-26(34)32(27)5)23(21)12-14-28(19,22)3/h7-9,19,21-23H,6,10-17H2,1-5H3,(H,30,31,33)/t19-,21+,22+,23+,28-,29-/m1/s1. The lowest BCUT2D eigenvalue weighted by atomic mass is 9.48. The second-order valence-electron chi connectivity index (χ2n) is 12.0. The summed E-state index contributed by atoms with van der Waals surface area (Å²) in [4.78, 5) is 32.1. The van der Waals surface area contributed by atoms with Crippen LogP contribution in [0.2, 0.25) is 0 Å². The number of anilines is 1. The van der Waals surface area contributed by atoms with Crippen molar-refractivity contribution in [3.05, 3.63) is 35.2 Å². The molecular formula is C29H41N3O2. The molecule has 3 fully saturated rings. The van der Waals surface area contributed by atoms with Crippen molar-refractivity contribution < 1.29 is 9.59 Å². The van der Waals surface area contributed by atoms with Crippen molar-refractivity contribution >= 4 is 17.6 Å². The fourth-order valence-electron chi connectivity index (χ4n) is 8.72. The molecule has 1 aromatic rings. The van der Waals surface area contributed by atoms with Crippen LogP contribution in [0.15, 0.2) is 29.5 Å². The van der Waals surface area contributed by atoms with Crippen LogP contribution >= 0.6 is 0 Å². The van der Waals surface area contributed by atoms with Crippen molar-refractivity contribution in [1.82, 2.24) is 9.88 Å². The third-order valence-corrected chi connectivity index (χ3v) is 10.4. The zero-order valence-electron chi connectivity index (χ0n) is 21.6. The van der Waals surface area contributed by atoms with Gasteiger partial charge in [0.15, 0.2) is 0 Å². The maximum absolute atomic E-state index is 13.0. The van der Waals surface area contributed by atoms with Gasteiger partial charge in [0.1, 0.15) is 5.82 Å². The van der Waals surface area contributed by atoms with Gasteiger partial charge in [-0.05, 0) is 93.1 Å². The molecule has 1 aliphatic heterocycles. The second-order valence-corrected chi connectivity index (χ2v) is 12.0.